The van der Waals surface area contributed by atoms with Crippen molar-refractivity contribution in [2.24, 2.45) is 11.7 Å². The van der Waals surface area contributed by atoms with Crippen LogP contribution in [0.4, 0.5) is 0 Å². The molecule has 4 rings (SSSR count). The molecule has 0 spiro atoms. The number of fused-ring (bicyclic) bond motifs is 1. The number of sulfone groups is 1. The third-order valence-electron chi connectivity index (χ3n) is 6.25. The van der Waals surface area contributed by atoms with Gasteiger partial charge in [0, 0.05) is 5.92 Å². The smallest absolute Gasteiger partial charge is 0.220 e. The van der Waals surface area contributed by atoms with E-state index >= 15 is 0 Å². The highest BCUT2D eigenvalue weighted by molar-refractivity contribution is 7.92. The van der Waals surface area contributed by atoms with E-state index in [0.29, 0.717) is 25.1 Å². The number of nitrogens with two attached hydrogens (primary N) is 1. The monoisotopic (exact) mass is 434 g/mol. The van der Waals surface area contributed by atoms with E-state index in [4.69, 9.17) is 11.0 Å². The number of nitrogens with zero attached hydrogens (tertiary/aromatic N) is 3. The van der Waals surface area contributed by atoms with Gasteiger partial charge in [-0.05, 0) is 59.2 Å². The molecule has 2 N–H and O–H groups in total. The second kappa shape index (κ2) is 8.05. The van der Waals surface area contributed by atoms with Crippen LogP contribution in [0.25, 0.3) is 11.1 Å². The SMILES string of the molecule is N#Cc1ccc(-c2cc(CC3CC(C(N)=O)CCS3(=O)=O)cc3c2CN(C#N)C3)cc1. The van der Waals surface area contributed by atoms with Crippen LogP contribution >= 0.6 is 0 Å². The van der Waals surface area contributed by atoms with Crippen LogP contribution in [0.15, 0.2) is 36.4 Å². The lowest BCUT2D eigenvalue weighted by Gasteiger charge is -2.27. The highest BCUT2D eigenvalue weighted by Crippen LogP contribution is 2.36. The molecule has 1 amide bonds. The van der Waals surface area contributed by atoms with Crippen LogP contribution in [-0.4, -0.2) is 30.2 Å². The molecule has 0 bridgehead atoms. The minimum atomic E-state index is -3.31. The lowest BCUT2D eigenvalue weighted by Crippen LogP contribution is -2.39. The number of nitriles is 2. The molecule has 0 aromatic heterocycles. The maximum Gasteiger partial charge on any atom is 0.220 e. The fourth-order valence-corrected chi connectivity index (χ4v) is 6.45. The zero-order chi connectivity index (χ0) is 22.2. The van der Waals surface area contributed by atoms with E-state index in [1.165, 1.54) is 0 Å². The molecule has 0 radical (unpaired) electrons. The fourth-order valence-electron chi connectivity index (χ4n) is 4.54. The first-order valence-corrected chi connectivity index (χ1v) is 11.8. The van der Waals surface area contributed by atoms with Crippen molar-refractivity contribution >= 4 is 15.7 Å². The summed E-state index contributed by atoms with van der Waals surface area (Å²) in [7, 11) is -3.31. The first kappa shape index (κ1) is 20.9. The largest absolute Gasteiger partial charge is 0.369 e. The predicted molar refractivity (Wildman–Crippen MR) is 115 cm³/mol. The van der Waals surface area contributed by atoms with Crippen LogP contribution < -0.4 is 5.73 Å². The lowest BCUT2D eigenvalue weighted by atomic mass is 9.90. The number of rotatable bonds is 4. The van der Waals surface area contributed by atoms with Gasteiger partial charge >= 0.3 is 0 Å². The van der Waals surface area contributed by atoms with Crippen molar-refractivity contribution in [3.8, 4) is 23.4 Å². The average molecular weight is 435 g/mol. The number of carbonyl (C=O) groups is 1. The van der Waals surface area contributed by atoms with Gasteiger partial charge in [-0.25, -0.2) is 8.42 Å². The zero-order valence-corrected chi connectivity index (χ0v) is 17.7. The summed E-state index contributed by atoms with van der Waals surface area (Å²) in [5, 5.41) is 17.8. The van der Waals surface area contributed by atoms with Crippen molar-refractivity contribution in [1.29, 1.82) is 10.5 Å². The van der Waals surface area contributed by atoms with Gasteiger partial charge < -0.3 is 10.6 Å². The molecule has 1 fully saturated rings. The molecule has 0 saturated carbocycles. The lowest BCUT2D eigenvalue weighted by molar-refractivity contribution is -0.122. The minimum absolute atomic E-state index is 0.0269. The van der Waals surface area contributed by atoms with Crippen molar-refractivity contribution in [2.75, 3.05) is 5.75 Å². The van der Waals surface area contributed by atoms with Crippen molar-refractivity contribution in [1.82, 2.24) is 4.90 Å². The van der Waals surface area contributed by atoms with Crippen LogP contribution in [0.5, 0.6) is 0 Å². The van der Waals surface area contributed by atoms with E-state index in [0.717, 1.165) is 27.8 Å². The first-order valence-electron chi connectivity index (χ1n) is 10.1. The van der Waals surface area contributed by atoms with E-state index < -0.39 is 26.9 Å². The molecule has 2 aromatic rings. The van der Waals surface area contributed by atoms with Gasteiger partial charge in [-0.3, -0.25) is 4.79 Å². The van der Waals surface area contributed by atoms with E-state index in [9.17, 15) is 18.5 Å². The molecule has 2 atom stereocenters. The normalized spacial score (nSPS) is 21.7. The average Bonchev–Trinajstić information content (AvgIpc) is 3.17. The number of hydrogen-bond donors (Lipinski definition) is 1. The summed E-state index contributed by atoms with van der Waals surface area (Å²) in [5.41, 5.74) is 10.8. The molecular weight excluding hydrogens is 412 g/mol. The summed E-state index contributed by atoms with van der Waals surface area (Å²) in [6, 6.07) is 13.3. The van der Waals surface area contributed by atoms with Crippen LogP contribution in [-0.2, 0) is 34.1 Å². The molecule has 2 aliphatic rings. The quantitative estimate of drug-likeness (QED) is 0.735. The van der Waals surface area contributed by atoms with E-state index in [2.05, 4.69) is 12.3 Å². The van der Waals surface area contributed by atoms with Crippen molar-refractivity contribution in [3.63, 3.8) is 0 Å². The number of hydrogen-bond acceptors (Lipinski definition) is 6. The molecule has 2 heterocycles. The van der Waals surface area contributed by atoms with E-state index in [-0.39, 0.29) is 18.6 Å². The van der Waals surface area contributed by atoms with Crippen molar-refractivity contribution < 1.29 is 13.2 Å². The van der Waals surface area contributed by atoms with Crippen LogP contribution in [0.3, 0.4) is 0 Å². The Morgan fingerprint density at radius 3 is 2.55 bits per heavy atom. The van der Waals surface area contributed by atoms with Gasteiger partial charge in [-0.2, -0.15) is 10.5 Å². The maximum absolute atomic E-state index is 12.7. The van der Waals surface area contributed by atoms with Gasteiger partial charge in [-0.1, -0.05) is 24.3 Å². The Kier molecular flexibility index (Phi) is 5.43. The second-order valence-electron chi connectivity index (χ2n) is 8.24. The van der Waals surface area contributed by atoms with Gasteiger partial charge in [-0.15, -0.1) is 0 Å². The topological polar surface area (TPSA) is 128 Å². The van der Waals surface area contributed by atoms with Gasteiger partial charge in [0.15, 0.2) is 16.0 Å². The highest BCUT2D eigenvalue weighted by atomic mass is 32.2. The fraction of sp³-hybridized carbons (Fsp3) is 0.348. The summed E-state index contributed by atoms with van der Waals surface area (Å²) < 4.78 is 25.4. The minimum Gasteiger partial charge on any atom is -0.369 e. The molecule has 158 valence electrons. The Hall–Kier alpha value is -3.36. The molecule has 31 heavy (non-hydrogen) atoms. The second-order valence-corrected chi connectivity index (χ2v) is 10.6. The highest BCUT2D eigenvalue weighted by Gasteiger charge is 2.36. The summed E-state index contributed by atoms with van der Waals surface area (Å²) in [6.07, 6.45) is 3.01. The maximum atomic E-state index is 12.7. The third-order valence-corrected chi connectivity index (χ3v) is 8.43. The Morgan fingerprint density at radius 2 is 1.90 bits per heavy atom. The van der Waals surface area contributed by atoms with Gasteiger partial charge in [0.05, 0.1) is 35.7 Å². The number of amides is 1. The molecule has 8 heteroatoms. The standard InChI is InChI=1S/C23H22N4O3S/c24-11-15-1-3-17(4-2-15)21-9-16(7-19-12-27(14-25)13-22(19)21)8-20-10-18(23(26)28)5-6-31(20,29)30/h1-4,7,9,18,20H,5-6,8,10,12-13H2,(H2,26,28). The Balaban J connectivity index is 1.73. The predicted octanol–water partition coefficient (Wildman–Crippen LogP) is 2.24. The van der Waals surface area contributed by atoms with Crippen LogP contribution in [0.2, 0.25) is 0 Å². The Labute approximate surface area is 181 Å². The van der Waals surface area contributed by atoms with Gasteiger partial charge in [0.1, 0.15) is 0 Å². The molecule has 1 saturated heterocycles. The van der Waals surface area contributed by atoms with Crippen molar-refractivity contribution in [3.05, 3.63) is 58.7 Å². The molecule has 2 aromatic carbocycles. The molecule has 2 aliphatic heterocycles. The summed E-state index contributed by atoms with van der Waals surface area (Å²) in [5.74, 6) is -0.896. The summed E-state index contributed by atoms with van der Waals surface area (Å²) in [4.78, 5) is 13.3. The molecular formula is C23H22N4O3S. The van der Waals surface area contributed by atoms with Gasteiger partial charge in [0.25, 0.3) is 0 Å². The van der Waals surface area contributed by atoms with E-state index in [1.807, 2.05) is 24.3 Å². The molecule has 0 aliphatic carbocycles. The molecule has 2 unspecified atom stereocenters. The third kappa shape index (κ3) is 4.12. The number of benzene rings is 2. The van der Waals surface area contributed by atoms with Crippen LogP contribution in [0.1, 0.15) is 35.1 Å². The van der Waals surface area contributed by atoms with E-state index in [1.54, 1.807) is 17.0 Å². The number of carbonyl (C=O) groups excluding carboxylic acids is 1. The Bertz CT molecular complexity index is 1220. The van der Waals surface area contributed by atoms with Crippen molar-refractivity contribution in [2.45, 2.75) is 37.6 Å². The number of primary amides is 1. The van der Waals surface area contributed by atoms with Gasteiger partial charge in [0.2, 0.25) is 5.91 Å². The zero-order valence-electron chi connectivity index (χ0n) is 16.9. The molecule has 7 nitrogen and oxygen atoms in total. The Morgan fingerprint density at radius 1 is 1.16 bits per heavy atom. The summed E-state index contributed by atoms with van der Waals surface area (Å²) >= 11 is 0. The first-order chi connectivity index (χ1) is 14.8. The summed E-state index contributed by atoms with van der Waals surface area (Å²) in [6.45, 7) is 0.969. The van der Waals surface area contributed by atoms with Crippen LogP contribution in [0, 0.1) is 28.7 Å².